The molecular weight excluding hydrogens is 468 g/mol. The van der Waals surface area contributed by atoms with E-state index in [1.165, 1.54) is 18.1 Å². The van der Waals surface area contributed by atoms with Crippen molar-refractivity contribution in [1.82, 2.24) is 4.90 Å². The number of rotatable bonds is 11. The molecular formula is C26H41BrN2O3. The van der Waals surface area contributed by atoms with E-state index in [1.807, 2.05) is 11.0 Å². The molecule has 6 heteroatoms. The molecule has 1 aromatic rings. The fourth-order valence-corrected chi connectivity index (χ4v) is 4.14. The molecule has 180 valence electrons. The van der Waals surface area contributed by atoms with Crippen LogP contribution in [0.2, 0.25) is 0 Å². The van der Waals surface area contributed by atoms with Gasteiger partial charge in [-0.3, -0.25) is 9.59 Å². The normalized spacial score (nSPS) is 18.8. The Morgan fingerprint density at radius 3 is 2.44 bits per heavy atom. The predicted octanol–water partition coefficient (Wildman–Crippen LogP) is 1.64. The van der Waals surface area contributed by atoms with Gasteiger partial charge in [-0.1, -0.05) is 55.2 Å². The van der Waals surface area contributed by atoms with Crippen LogP contribution in [-0.4, -0.2) is 61.1 Å². The van der Waals surface area contributed by atoms with Gasteiger partial charge in [-0.15, -0.1) is 0 Å². The molecule has 32 heavy (non-hydrogen) atoms. The minimum absolute atomic E-state index is 0. The van der Waals surface area contributed by atoms with E-state index < -0.39 is 0 Å². The monoisotopic (exact) mass is 508 g/mol. The minimum atomic E-state index is -0.200. The lowest BCUT2D eigenvalue weighted by atomic mass is 10.1. The maximum Gasteiger partial charge on any atom is 0.302 e. The van der Waals surface area contributed by atoms with Crippen LogP contribution >= 0.6 is 0 Å². The fourth-order valence-electron chi connectivity index (χ4n) is 4.14. The van der Waals surface area contributed by atoms with E-state index in [1.54, 1.807) is 6.08 Å². The van der Waals surface area contributed by atoms with E-state index in [-0.39, 0.29) is 28.9 Å². The smallest absolute Gasteiger partial charge is 0.302 e. The van der Waals surface area contributed by atoms with Crippen LogP contribution in [0.25, 0.3) is 0 Å². The number of aryl methyl sites for hydroxylation is 1. The number of hydrogen-bond acceptors (Lipinski definition) is 3. The number of halogens is 1. The van der Waals surface area contributed by atoms with Gasteiger partial charge < -0.3 is 31.1 Å². The summed E-state index contributed by atoms with van der Waals surface area (Å²) in [6.07, 6.45) is 11.2. The molecule has 1 amide bonds. The van der Waals surface area contributed by atoms with E-state index >= 15 is 0 Å². The number of carbonyl (C=O) groups is 2. The third kappa shape index (κ3) is 11.3. The molecule has 0 aliphatic carbocycles. The Labute approximate surface area is 205 Å². The molecule has 0 saturated carbocycles. The van der Waals surface area contributed by atoms with Crippen LogP contribution in [-0.2, 0) is 20.9 Å². The van der Waals surface area contributed by atoms with E-state index in [9.17, 15) is 9.59 Å². The molecule has 2 rings (SSSR count). The highest BCUT2D eigenvalue weighted by atomic mass is 79.9. The lowest BCUT2D eigenvalue weighted by molar-refractivity contribution is -0.920. The number of hydrogen-bond donors (Lipinski definition) is 0. The number of allylic oxidation sites excluding steroid dienone is 1. The van der Waals surface area contributed by atoms with Crippen LogP contribution in [0.5, 0.6) is 0 Å². The highest BCUT2D eigenvalue weighted by molar-refractivity contribution is 5.87. The van der Waals surface area contributed by atoms with Crippen LogP contribution in [0, 0.1) is 6.92 Å². The van der Waals surface area contributed by atoms with Crippen molar-refractivity contribution in [3.05, 3.63) is 47.5 Å². The van der Waals surface area contributed by atoms with Gasteiger partial charge in [0, 0.05) is 25.5 Å². The Hall–Kier alpha value is -1.66. The molecule has 1 atom stereocenters. The van der Waals surface area contributed by atoms with Gasteiger partial charge in [-0.2, -0.15) is 0 Å². The maximum atomic E-state index is 12.6. The number of carbonyl (C=O) groups excluding carboxylic acids is 2. The second-order valence-corrected chi connectivity index (χ2v) is 9.19. The first kappa shape index (κ1) is 28.4. The van der Waals surface area contributed by atoms with E-state index in [2.05, 4.69) is 38.2 Å². The quantitative estimate of drug-likeness (QED) is 0.197. The number of ether oxygens (including phenoxy) is 1. The van der Waals surface area contributed by atoms with Crippen LogP contribution in [0.1, 0.15) is 63.0 Å². The van der Waals surface area contributed by atoms with Crippen molar-refractivity contribution in [3.8, 4) is 0 Å². The zero-order valence-corrected chi connectivity index (χ0v) is 21.7. The third-order valence-electron chi connectivity index (χ3n) is 6.11. The second kappa shape index (κ2) is 15.2. The molecule has 0 bridgehead atoms. The highest BCUT2D eigenvalue weighted by Crippen LogP contribution is 2.17. The van der Waals surface area contributed by atoms with Crippen LogP contribution in [0.15, 0.2) is 36.4 Å². The summed E-state index contributed by atoms with van der Waals surface area (Å²) < 4.78 is 5.93. The minimum Gasteiger partial charge on any atom is -1.00 e. The largest absolute Gasteiger partial charge is 1.00 e. The van der Waals surface area contributed by atoms with Gasteiger partial charge in [-0.05, 0) is 32.3 Å². The first-order valence-electron chi connectivity index (χ1n) is 11.9. The summed E-state index contributed by atoms with van der Waals surface area (Å²) in [7, 11) is 2.32. The Morgan fingerprint density at radius 2 is 1.72 bits per heavy atom. The van der Waals surface area contributed by atoms with Gasteiger partial charge in [0.05, 0.1) is 33.3 Å². The molecule has 1 aliphatic heterocycles. The summed E-state index contributed by atoms with van der Waals surface area (Å²) in [6, 6.07) is 8.83. The van der Waals surface area contributed by atoms with Gasteiger partial charge in [-0.25, -0.2) is 0 Å². The average Bonchev–Trinajstić information content (AvgIpc) is 2.92. The zero-order valence-electron chi connectivity index (χ0n) is 20.2. The fraction of sp³-hybridized carbons (Fsp3) is 0.615. The molecule has 5 nitrogen and oxygen atoms in total. The second-order valence-electron chi connectivity index (χ2n) is 9.19. The van der Waals surface area contributed by atoms with Crippen molar-refractivity contribution in [3.63, 3.8) is 0 Å². The standard InChI is InChI=1S/C26H41N2O3.BrH/c1-23-13-15-25(16-14-23)22-28(3)19-11-17-27(18-20-28)26(30)12-9-7-5-4-6-8-10-21-31-24(2)29;/h9,12-16H,4-8,10-11,17-22H2,1-3H3;1H/q+1;/p-1/b12-9+;. The first-order chi connectivity index (χ1) is 14.9. The van der Waals surface area contributed by atoms with Crippen molar-refractivity contribution in [1.29, 1.82) is 0 Å². The topological polar surface area (TPSA) is 46.6 Å². The van der Waals surface area contributed by atoms with Gasteiger partial charge in [0.15, 0.2) is 0 Å². The summed E-state index contributed by atoms with van der Waals surface area (Å²) >= 11 is 0. The predicted molar refractivity (Wildman–Crippen MR) is 125 cm³/mol. The zero-order chi connectivity index (χ0) is 22.5. The van der Waals surface area contributed by atoms with Crippen molar-refractivity contribution >= 4 is 11.9 Å². The molecule has 1 saturated heterocycles. The highest BCUT2D eigenvalue weighted by Gasteiger charge is 2.27. The van der Waals surface area contributed by atoms with Gasteiger partial charge in [0.2, 0.25) is 5.91 Å². The Morgan fingerprint density at radius 1 is 1.03 bits per heavy atom. The van der Waals surface area contributed by atoms with Crippen LogP contribution in [0.3, 0.4) is 0 Å². The lowest BCUT2D eigenvalue weighted by Gasteiger charge is -2.33. The SMILES string of the molecule is CC(=O)OCCCCCCC/C=C/C(=O)N1CCC[N+](C)(Cc2ccc(C)cc2)CC1.[Br-]. The molecule has 1 aliphatic rings. The van der Waals surface area contributed by atoms with Gasteiger partial charge in [0.1, 0.15) is 6.54 Å². The number of likely N-dealkylation sites (N-methyl/N-ethyl adjacent to an activating group) is 1. The maximum absolute atomic E-state index is 12.6. The molecule has 1 unspecified atom stereocenters. The van der Waals surface area contributed by atoms with E-state index in [0.717, 1.165) is 82.2 Å². The molecule has 0 aromatic heterocycles. The number of esters is 1. The molecule has 1 fully saturated rings. The van der Waals surface area contributed by atoms with E-state index in [4.69, 9.17) is 4.74 Å². The van der Waals surface area contributed by atoms with Crippen molar-refractivity contribution in [2.45, 2.75) is 65.3 Å². The first-order valence-corrected chi connectivity index (χ1v) is 11.9. The Bertz CT molecular complexity index is 720. The molecule has 0 spiro atoms. The Balaban J connectivity index is 0.00000512. The number of nitrogens with zero attached hydrogens (tertiary/aromatic N) is 2. The lowest BCUT2D eigenvalue weighted by Crippen LogP contribution is -3.00. The van der Waals surface area contributed by atoms with Crippen molar-refractivity contribution in [2.24, 2.45) is 0 Å². The molecule has 1 heterocycles. The molecule has 0 N–H and O–H groups in total. The number of quaternary nitrogens is 1. The number of unbranched alkanes of at least 4 members (excludes halogenated alkanes) is 5. The van der Waals surface area contributed by atoms with Crippen molar-refractivity contribution in [2.75, 3.05) is 39.8 Å². The van der Waals surface area contributed by atoms with Gasteiger partial charge in [0.25, 0.3) is 0 Å². The van der Waals surface area contributed by atoms with E-state index in [0.29, 0.717) is 6.61 Å². The molecule has 1 aromatic carbocycles. The summed E-state index contributed by atoms with van der Waals surface area (Å²) in [5, 5.41) is 0. The average molecular weight is 510 g/mol. The van der Waals surface area contributed by atoms with Gasteiger partial charge >= 0.3 is 5.97 Å². The summed E-state index contributed by atoms with van der Waals surface area (Å²) in [4.78, 5) is 25.3. The summed E-state index contributed by atoms with van der Waals surface area (Å²) in [5.74, 6) is -0.0424. The summed E-state index contributed by atoms with van der Waals surface area (Å²) in [5.41, 5.74) is 2.67. The van der Waals surface area contributed by atoms with Crippen LogP contribution < -0.4 is 17.0 Å². The third-order valence-corrected chi connectivity index (χ3v) is 6.11. The number of amides is 1. The Kier molecular flexibility index (Phi) is 13.5. The number of benzene rings is 1. The summed E-state index contributed by atoms with van der Waals surface area (Å²) in [6.45, 7) is 8.92. The molecule has 0 radical (unpaired) electrons. The van der Waals surface area contributed by atoms with Crippen molar-refractivity contribution < 1.29 is 35.8 Å². The van der Waals surface area contributed by atoms with Crippen LogP contribution in [0.4, 0.5) is 0 Å².